The van der Waals surface area contributed by atoms with Crippen molar-refractivity contribution in [2.45, 2.75) is 18.7 Å². The van der Waals surface area contributed by atoms with Gasteiger partial charge in [-0.1, -0.05) is 23.2 Å². The normalized spacial score (nSPS) is 12.3. The van der Waals surface area contributed by atoms with Crippen LogP contribution in [-0.2, 0) is 15.3 Å². The maximum Gasteiger partial charge on any atom is 0.323 e. The highest BCUT2D eigenvalue weighted by Gasteiger charge is 2.15. The average Bonchev–Trinajstić information content (AvgIpc) is 2.31. The number of esters is 1. The third kappa shape index (κ3) is 4.31. The quantitative estimate of drug-likeness (QED) is 0.668. The Bertz CT molecular complexity index is 420. The summed E-state index contributed by atoms with van der Waals surface area (Å²) in [4.78, 5) is 15.2. The standard InChI is InChI=1S/C11H14Cl2N2O2S/c1-6-3-8(12)7(10(13)15-6)4-18-5-9(14)11(16)17-2/h3,9H,4-5,14H2,1-2H3. The second kappa shape index (κ2) is 7.19. The molecular formula is C11H14Cl2N2O2S. The van der Waals surface area contributed by atoms with Crippen LogP contribution < -0.4 is 5.73 Å². The van der Waals surface area contributed by atoms with Crippen LogP contribution in [0.2, 0.25) is 10.2 Å². The third-order valence-electron chi connectivity index (χ3n) is 2.20. The highest BCUT2D eigenvalue weighted by molar-refractivity contribution is 7.98. The molecule has 4 nitrogen and oxygen atoms in total. The first-order valence-electron chi connectivity index (χ1n) is 5.18. The molecule has 0 aliphatic carbocycles. The lowest BCUT2D eigenvalue weighted by atomic mass is 10.3. The van der Waals surface area contributed by atoms with Gasteiger partial charge in [-0.2, -0.15) is 11.8 Å². The number of methoxy groups -OCH3 is 1. The summed E-state index contributed by atoms with van der Waals surface area (Å²) in [5.41, 5.74) is 7.14. The van der Waals surface area contributed by atoms with E-state index in [1.165, 1.54) is 18.9 Å². The smallest absolute Gasteiger partial charge is 0.323 e. The van der Waals surface area contributed by atoms with Crippen molar-refractivity contribution in [2.75, 3.05) is 12.9 Å². The summed E-state index contributed by atoms with van der Waals surface area (Å²) >= 11 is 13.5. The molecule has 0 bridgehead atoms. The number of rotatable bonds is 5. The molecule has 1 rings (SSSR count). The Hall–Kier alpha value is -0.490. The summed E-state index contributed by atoms with van der Waals surface area (Å²) in [5, 5.41) is 0.964. The van der Waals surface area contributed by atoms with Crippen LogP contribution >= 0.6 is 35.0 Å². The second-order valence-electron chi connectivity index (χ2n) is 3.66. The highest BCUT2D eigenvalue weighted by atomic mass is 35.5. The van der Waals surface area contributed by atoms with E-state index in [0.29, 0.717) is 21.7 Å². The fourth-order valence-corrected chi connectivity index (χ4v) is 3.09. The fraction of sp³-hybridized carbons (Fsp3) is 0.455. The number of thioether (sulfide) groups is 1. The summed E-state index contributed by atoms with van der Waals surface area (Å²) in [6.45, 7) is 1.82. The van der Waals surface area contributed by atoms with Crippen LogP contribution in [0.4, 0.5) is 0 Å². The van der Waals surface area contributed by atoms with Crippen LogP contribution in [0.1, 0.15) is 11.3 Å². The van der Waals surface area contributed by atoms with E-state index in [1.807, 2.05) is 6.92 Å². The van der Waals surface area contributed by atoms with Gasteiger partial charge in [-0.3, -0.25) is 4.79 Å². The predicted molar refractivity (Wildman–Crippen MR) is 75.1 cm³/mol. The van der Waals surface area contributed by atoms with Crippen molar-refractivity contribution >= 4 is 40.9 Å². The van der Waals surface area contributed by atoms with Gasteiger partial charge in [0, 0.05) is 27.8 Å². The van der Waals surface area contributed by atoms with Gasteiger partial charge in [-0.25, -0.2) is 4.98 Å². The molecule has 1 aromatic heterocycles. The molecule has 18 heavy (non-hydrogen) atoms. The zero-order chi connectivity index (χ0) is 13.7. The van der Waals surface area contributed by atoms with E-state index < -0.39 is 12.0 Å². The summed E-state index contributed by atoms with van der Waals surface area (Å²) in [6, 6.07) is 1.11. The molecule has 7 heteroatoms. The molecule has 1 aromatic rings. The molecule has 0 amide bonds. The summed E-state index contributed by atoms with van der Waals surface area (Å²) in [6.07, 6.45) is 0. The van der Waals surface area contributed by atoms with Crippen LogP contribution in [0.5, 0.6) is 0 Å². The number of ether oxygens (including phenoxy) is 1. The third-order valence-corrected chi connectivity index (χ3v) is 3.93. The molecule has 1 heterocycles. The first-order valence-corrected chi connectivity index (χ1v) is 7.09. The van der Waals surface area contributed by atoms with Gasteiger partial charge in [0.25, 0.3) is 0 Å². The van der Waals surface area contributed by atoms with Crippen LogP contribution in [0.25, 0.3) is 0 Å². The number of halogens is 2. The number of nitrogens with two attached hydrogens (primary N) is 1. The number of carbonyl (C=O) groups excluding carboxylic acids is 1. The number of carbonyl (C=O) groups is 1. The van der Waals surface area contributed by atoms with Crippen molar-refractivity contribution in [3.8, 4) is 0 Å². The lowest BCUT2D eigenvalue weighted by Gasteiger charge is -2.10. The Balaban J connectivity index is 2.57. The van der Waals surface area contributed by atoms with E-state index in [1.54, 1.807) is 6.07 Å². The number of pyridine rings is 1. The SMILES string of the molecule is COC(=O)C(N)CSCc1c(Cl)cc(C)nc1Cl. The topological polar surface area (TPSA) is 65.2 Å². The van der Waals surface area contributed by atoms with Crippen LogP contribution in [0.3, 0.4) is 0 Å². The Labute approximate surface area is 120 Å². The predicted octanol–water partition coefficient (Wildman–Crippen LogP) is 2.43. The van der Waals surface area contributed by atoms with Crippen molar-refractivity contribution in [1.29, 1.82) is 0 Å². The molecule has 1 unspecified atom stereocenters. The molecule has 1 atom stereocenters. The van der Waals surface area contributed by atoms with E-state index in [2.05, 4.69) is 9.72 Å². The van der Waals surface area contributed by atoms with E-state index in [9.17, 15) is 4.79 Å². The van der Waals surface area contributed by atoms with Gasteiger partial charge in [0.1, 0.15) is 11.2 Å². The molecule has 100 valence electrons. The molecule has 0 radical (unpaired) electrons. The molecule has 0 aliphatic rings. The Morgan fingerprint density at radius 3 is 2.83 bits per heavy atom. The molecular weight excluding hydrogens is 295 g/mol. The van der Waals surface area contributed by atoms with E-state index in [-0.39, 0.29) is 0 Å². The lowest BCUT2D eigenvalue weighted by Crippen LogP contribution is -2.33. The van der Waals surface area contributed by atoms with Crippen LogP contribution in [0.15, 0.2) is 6.07 Å². The Kier molecular flexibility index (Phi) is 6.21. The van der Waals surface area contributed by atoms with Crippen molar-refractivity contribution in [3.63, 3.8) is 0 Å². The lowest BCUT2D eigenvalue weighted by molar-refractivity contribution is -0.141. The number of aromatic nitrogens is 1. The molecule has 0 saturated carbocycles. The number of aryl methyl sites for hydroxylation is 1. The molecule has 0 fully saturated rings. The molecule has 0 aromatic carbocycles. The number of hydrogen-bond donors (Lipinski definition) is 1. The molecule has 0 spiro atoms. The first-order chi connectivity index (χ1) is 8.45. The minimum Gasteiger partial charge on any atom is -0.468 e. The van der Waals surface area contributed by atoms with Crippen LogP contribution in [-0.4, -0.2) is 29.9 Å². The van der Waals surface area contributed by atoms with Crippen LogP contribution in [0, 0.1) is 6.92 Å². The van der Waals surface area contributed by atoms with Gasteiger partial charge in [0.2, 0.25) is 0 Å². The Morgan fingerprint density at radius 1 is 1.61 bits per heavy atom. The fourth-order valence-electron chi connectivity index (χ4n) is 1.26. The monoisotopic (exact) mass is 308 g/mol. The second-order valence-corrected chi connectivity index (χ2v) is 5.46. The van der Waals surface area contributed by atoms with Crippen molar-refractivity contribution in [1.82, 2.24) is 4.98 Å². The van der Waals surface area contributed by atoms with E-state index >= 15 is 0 Å². The summed E-state index contributed by atoms with van der Waals surface area (Å²) in [7, 11) is 1.31. The Morgan fingerprint density at radius 2 is 2.28 bits per heavy atom. The minimum atomic E-state index is -0.643. The maximum absolute atomic E-state index is 11.1. The number of nitrogens with zero attached hydrogens (tertiary/aromatic N) is 1. The zero-order valence-electron chi connectivity index (χ0n) is 10.1. The van der Waals surface area contributed by atoms with Crippen molar-refractivity contribution in [2.24, 2.45) is 5.73 Å². The first kappa shape index (κ1) is 15.6. The van der Waals surface area contributed by atoms with Crippen molar-refractivity contribution < 1.29 is 9.53 Å². The molecule has 0 saturated heterocycles. The minimum absolute atomic E-state index is 0.388. The summed E-state index contributed by atoms with van der Waals surface area (Å²) < 4.78 is 4.54. The van der Waals surface area contributed by atoms with Gasteiger partial charge < -0.3 is 10.5 Å². The van der Waals surface area contributed by atoms with E-state index in [0.717, 1.165) is 11.3 Å². The highest BCUT2D eigenvalue weighted by Crippen LogP contribution is 2.27. The van der Waals surface area contributed by atoms with Gasteiger partial charge in [0.05, 0.1) is 7.11 Å². The van der Waals surface area contributed by atoms with E-state index in [4.69, 9.17) is 28.9 Å². The average molecular weight is 309 g/mol. The maximum atomic E-state index is 11.1. The van der Waals surface area contributed by atoms with Gasteiger partial charge in [-0.05, 0) is 13.0 Å². The van der Waals surface area contributed by atoms with Gasteiger partial charge in [-0.15, -0.1) is 0 Å². The largest absolute Gasteiger partial charge is 0.468 e. The molecule has 0 aliphatic heterocycles. The number of hydrogen-bond acceptors (Lipinski definition) is 5. The summed E-state index contributed by atoms with van der Waals surface area (Å²) in [5.74, 6) is 0.560. The van der Waals surface area contributed by atoms with Gasteiger partial charge in [0.15, 0.2) is 0 Å². The zero-order valence-corrected chi connectivity index (χ0v) is 12.4. The van der Waals surface area contributed by atoms with Crippen molar-refractivity contribution in [3.05, 3.63) is 27.5 Å². The molecule has 2 N–H and O–H groups in total. The van der Waals surface area contributed by atoms with Gasteiger partial charge >= 0.3 is 5.97 Å².